The topological polar surface area (TPSA) is 168 Å². The van der Waals surface area contributed by atoms with Crippen molar-refractivity contribution in [2.24, 2.45) is 0 Å². The van der Waals surface area contributed by atoms with E-state index in [-0.39, 0.29) is 28.8 Å². The lowest BCUT2D eigenvalue weighted by Crippen LogP contribution is -2.19. The van der Waals surface area contributed by atoms with E-state index >= 15 is 0 Å². The van der Waals surface area contributed by atoms with Gasteiger partial charge in [0, 0.05) is 34.8 Å². The van der Waals surface area contributed by atoms with E-state index in [9.17, 15) is 34.2 Å². The fraction of sp³-hybridized carbons (Fsp3) is 0.238. The third-order valence-electron chi connectivity index (χ3n) is 7.63. The Morgan fingerprint density at radius 1 is 0.870 bits per heavy atom. The van der Waals surface area contributed by atoms with Gasteiger partial charge in [-0.05, 0) is 105 Å². The van der Waals surface area contributed by atoms with Gasteiger partial charge in [0.25, 0.3) is 0 Å². The first-order chi connectivity index (χ1) is 25.8. The van der Waals surface area contributed by atoms with E-state index in [1.165, 1.54) is 12.1 Å². The minimum absolute atomic E-state index is 0.0540. The van der Waals surface area contributed by atoms with E-state index in [1.54, 1.807) is 78.9 Å². The average molecular weight is 804 g/mol. The summed E-state index contributed by atoms with van der Waals surface area (Å²) < 4.78 is 20.9. The summed E-state index contributed by atoms with van der Waals surface area (Å²) in [6.45, 7) is 6.25. The van der Waals surface area contributed by atoms with Gasteiger partial charge >= 0.3 is 11.9 Å². The number of hydrogen-bond donors (Lipinski definition) is 4. The van der Waals surface area contributed by atoms with Crippen LogP contribution in [0.2, 0.25) is 0 Å². The molecule has 54 heavy (non-hydrogen) atoms. The van der Waals surface area contributed by atoms with E-state index in [1.807, 2.05) is 6.08 Å². The van der Waals surface area contributed by atoms with Gasteiger partial charge in [-0.1, -0.05) is 59.1 Å². The number of rotatable bonds is 17. The number of aliphatic carboxylic acids is 2. The molecule has 4 aromatic carbocycles. The van der Waals surface area contributed by atoms with Crippen molar-refractivity contribution in [3.8, 4) is 23.3 Å². The van der Waals surface area contributed by atoms with Gasteiger partial charge in [-0.25, -0.2) is 14.0 Å². The zero-order valence-electron chi connectivity index (χ0n) is 29.9. The molecule has 0 spiro atoms. The van der Waals surface area contributed by atoms with Crippen molar-refractivity contribution in [2.45, 2.75) is 38.0 Å². The molecule has 0 aliphatic heterocycles. The first kappa shape index (κ1) is 44.4. The number of carboxylic acids is 2. The third-order valence-corrected chi connectivity index (χ3v) is 8.16. The van der Waals surface area contributed by atoms with Gasteiger partial charge in [0.05, 0.1) is 24.2 Å². The zero-order valence-corrected chi connectivity index (χ0v) is 31.5. The molecular formula is C42H44BrFN2O8. The fourth-order valence-corrected chi connectivity index (χ4v) is 5.08. The van der Waals surface area contributed by atoms with Crippen LogP contribution in [0.1, 0.15) is 58.6 Å². The van der Waals surface area contributed by atoms with Gasteiger partial charge in [-0.3, -0.25) is 4.79 Å². The molecule has 0 saturated heterocycles. The van der Waals surface area contributed by atoms with Crippen LogP contribution < -0.4 is 4.74 Å². The molecule has 0 aromatic heterocycles. The molecule has 12 heteroatoms. The van der Waals surface area contributed by atoms with Crippen LogP contribution in [0.4, 0.5) is 4.39 Å². The van der Waals surface area contributed by atoms with Crippen molar-refractivity contribution in [1.29, 1.82) is 5.26 Å². The number of nitrogens with zero attached hydrogens (tertiary/aromatic N) is 2. The second kappa shape index (κ2) is 24.5. The molecule has 284 valence electrons. The highest BCUT2D eigenvalue weighted by Gasteiger charge is 2.15. The summed E-state index contributed by atoms with van der Waals surface area (Å²) in [4.78, 5) is 33.8. The molecule has 0 saturated carbocycles. The molecule has 0 aliphatic rings. The number of benzene rings is 4. The molecule has 0 aliphatic carbocycles. The highest BCUT2D eigenvalue weighted by Crippen LogP contribution is 2.24. The zero-order chi connectivity index (χ0) is 39.9. The van der Waals surface area contributed by atoms with Crippen molar-refractivity contribution in [3.05, 3.63) is 148 Å². The Hall–Kier alpha value is -5.77. The van der Waals surface area contributed by atoms with Crippen molar-refractivity contribution in [1.82, 2.24) is 4.90 Å². The number of ketones is 1. The van der Waals surface area contributed by atoms with Crippen LogP contribution >= 0.6 is 15.9 Å². The number of likely N-dealkylation sites (N-methyl/N-ethyl adjacent to an activating group) is 1. The Bertz CT molecular complexity index is 1840. The summed E-state index contributed by atoms with van der Waals surface area (Å²) in [6.07, 6.45) is 7.89. The van der Waals surface area contributed by atoms with Gasteiger partial charge in [-0.15, -0.1) is 6.58 Å². The van der Waals surface area contributed by atoms with Crippen molar-refractivity contribution in [3.63, 3.8) is 0 Å². The summed E-state index contributed by atoms with van der Waals surface area (Å²) in [6, 6.07) is 27.1. The van der Waals surface area contributed by atoms with Crippen LogP contribution in [0.15, 0.2) is 120 Å². The Labute approximate surface area is 323 Å². The Balaban J connectivity index is 0.000000329. The number of aromatic hydroxyl groups is 2. The van der Waals surface area contributed by atoms with Crippen molar-refractivity contribution < 1.29 is 43.9 Å². The average Bonchev–Trinajstić information content (AvgIpc) is 3.14. The van der Waals surface area contributed by atoms with E-state index in [4.69, 9.17) is 14.9 Å². The van der Waals surface area contributed by atoms with E-state index in [0.717, 1.165) is 54.4 Å². The van der Waals surface area contributed by atoms with Gasteiger partial charge < -0.3 is 30.1 Å². The molecule has 0 radical (unpaired) electrons. The van der Waals surface area contributed by atoms with Crippen LogP contribution in [-0.2, 0) is 16.0 Å². The lowest BCUT2D eigenvalue weighted by molar-refractivity contribution is -0.134. The van der Waals surface area contributed by atoms with Crippen LogP contribution in [0.5, 0.6) is 17.2 Å². The molecule has 4 N–H and O–H groups in total. The number of nitriles is 1. The Morgan fingerprint density at radius 3 is 1.98 bits per heavy atom. The summed E-state index contributed by atoms with van der Waals surface area (Å²) in [7, 11) is 2.09. The quantitative estimate of drug-likeness (QED) is 0.0351. The third kappa shape index (κ3) is 17.6. The first-order valence-electron chi connectivity index (χ1n) is 16.9. The van der Waals surface area contributed by atoms with Crippen molar-refractivity contribution >= 4 is 33.7 Å². The predicted molar refractivity (Wildman–Crippen MR) is 208 cm³/mol. The molecule has 0 fully saturated rings. The molecule has 4 rings (SSSR count). The van der Waals surface area contributed by atoms with Crippen LogP contribution in [0.25, 0.3) is 0 Å². The second-order valence-electron chi connectivity index (χ2n) is 11.9. The van der Waals surface area contributed by atoms with Crippen molar-refractivity contribution in [2.75, 3.05) is 26.7 Å². The van der Waals surface area contributed by atoms with Crippen LogP contribution in [0.3, 0.4) is 0 Å². The van der Waals surface area contributed by atoms with Crippen LogP contribution in [0, 0.1) is 17.1 Å². The monoisotopic (exact) mass is 802 g/mol. The maximum absolute atomic E-state index is 14.4. The molecule has 0 heterocycles. The van der Waals surface area contributed by atoms with Gasteiger partial charge in [0.1, 0.15) is 23.1 Å². The number of phenols is 2. The van der Waals surface area contributed by atoms with E-state index in [2.05, 4.69) is 40.5 Å². The summed E-state index contributed by atoms with van der Waals surface area (Å²) >= 11 is 3.32. The second-order valence-corrected chi connectivity index (χ2v) is 12.9. The largest absolute Gasteiger partial charge is 0.508 e. The maximum atomic E-state index is 14.4. The number of carbonyl (C=O) groups is 3. The number of carbonyl (C=O) groups excluding carboxylic acids is 1. The number of hydrogen-bond acceptors (Lipinski definition) is 8. The van der Waals surface area contributed by atoms with Crippen LogP contribution in [-0.4, -0.2) is 69.8 Å². The summed E-state index contributed by atoms with van der Waals surface area (Å²) in [5, 5.41) is 43.3. The number of unbranched alkanes of at least 4 members (excludes halogenated alkanes) is 3. The van der Waals surface area contributed by atoms with E-state index < -0.39 is 17.8 Å². The first-order valence-corrected chi connectivity index (χ1v) is 17.7. The standard InChI is InChI=1S/C23H27BrFNO2.C15H13NO2.C4H4O4/c1-3-14-26(2)15-6-4-5-7-16-28-20-12-13-21(22(25)17-20)23(27)18-8-10-19(24)11-9-18;16-10-13(12-3-7-15(18)8-4-12)9-11-1-5-14(17)6-2-11;5-3(6)1-2-4(7)8/h3,8-13,17H,1,4-7,14-16H2,2H3;1-8,13,17-18H,9H2;1-2H,(H,5,6)(H,7,8)/b;;2-1+. The number of phenolic OH excluding ortho intramolecular Hbond substituents is 2. The highest BCUT2D eigenvalue weighted by atomic mass is 79.9. The molecule has 0 amide bonds. The lowest BCUT2D eigenvalue weighted by Gasteiger charge is -2.13. The highest BCUT2D eigenvalue weighted by molar-refractivity contribution is 9.10. The molecule has 1 unspecified atom stereocenters. The minimum atomic E-state index is -1.26. The normalized spacial score (nSPS) is 10.9. The smallest absolute Gasteiger partial charge is 0.328 e. The predicted octanol–water partition coefficient (Wildman–Crippen LogP) is 8.54. The number of halogens is 2. The summed E-state index contributed by atoms with van der Waals surface area (Å²) in [5.41, 5.74) is 2.38. The minimum Gasteiger partial charge on any atom is -0.508 e. The molecule has 4 aromatic rings. The SMILES string of the molecule is C=CCN(C)CCCCCCOc1ccc(C(=O)c2ccc(Br)cc2)c(F)c1.N#CC(Cc1ccc(O)cc1)c1ccc(O)cc1.O=C(O)/C=C/C(=O)O. The Morgan fingerprint density at radius 2 is 1.44 bits per heavy atom. The van der Waals surface area contributed by atoms with E-state index in [0.29, 0.717) is 36.5 Å². The lowest BCUT2D eigenvalue weighted by atomic mass is 9.93. The molecule has 10 nitrogen and oxygen atoms in total. The van der Waals surface area contributed by atoms with Gasteiger partial charge in [-0.2, -0.15) is 5.26 Å². The molecular weight excluding hydrogens is 759 g/mol. The fourth-order valence-electron chi connectivity index (χ4n) is 4.82. The number of ether oxygens (including phenoxy) is 1. The van der Waals surface area contributed by atoms with Gasteiger partial charge in [0.15, 0.2) is 5.78 Å². The van der Waals surface area contributed by atoms with Gasteiger partial charge in [0.2, 0.25) is 0 Å². The summed E-state index contributed by atoms with van der Waals surface area (Å²) in [5.74, 6) is -2.80. The number of carboxylic acid groups (broad SMARTS) is 2. The molecule has 1 atom stereocenters. The molecule has 0 bridgehead atoms. The maximum Gasteiger partial charge on any atom is 0.328 e. The Kier molecular flexibility index (Phi) is 20.1.